The van der Waals surface area contributed by atoms with E-state index in [1.807, 2.05) is 43.5 Å². The van der Waals surface area contributed by atoms with Crippen molar-refractivity contribution in [3.63, 3.8) is 0 Å². The van der Waals surface area contributed by atoms with Crippen molar-refractivity contribution in [1.82, 2.24) is 9.62 Å². The second kappa shape index (κ2) is 8.63. The fourth-order valence-corrected chi connectivity index (χ4v) is 5.14. The summed E-state index contributed by atoms with van der Waals surface area (Å²) in [5.74, 6) is 0.00832. The highest BCUT2D eigenvalue weighted by atomic mass is 32.2. The predicted octanol–water partition coefficient (Wildman–Crippen LogP) is 2.86. The molecule has 1 aliphatic rings. The largest absolute Gasteiger partial charge is 0.379 e. The number of hydrogen-bond acceptors (Lipinski definition) is 5. The van der Waals surface area contributed by atoms with Crippen LogP contribution in [-0.4, -0.2) is 46.2 Å². The molecule has 1 N–H and O–H groups in total. The normalized spacial score (nSPS) is 17.3. The first-order valence-corrected chi connectivity index (χ1v) is 11.4. The number of rotatable bonds is 7. The summed E-state index contributed by atoms with van der Waals surface area (Å²) in [6, 6.07) is 9.95. The van der Waals surface area contributed by atoms with Gasteiger partial charge in [0.2, 0.25) is 10.0 Å². The molecule has 0 unspecified atom stereocenters. The Hall–Kier alpha value is -1.25. The summed E-state index contributed by atoms with van der Waals surface area (Å²) in [4.78, 5) is 3.48. The molecule has 0 aliphatic carbocycles. The molecule has 1 aliphatic heterocycles. The van der Waals surface area contributed by atoms with Gasteiger partial charge in [0.25, 0.3) is 0 Å². The van der Waals surface area contributed by atoms with Gasteiger partial charge >= 0.3 is 0 Å². The second-order valence-electron chi connectivity index (χ2n) is 6.71. The number of nitrogens with one attached hydrogen (secondary N) is 1. The minimum Gasteiger partial charge on any atom is -0.379 e. The van der Waals surface area contributed by atoms with Gasteiger partial charge in [-0.1, -0.05) is 24.3 Å². The lowest BCUT2D eigenvalue weighted by Crippen LogP contribution is -2.43. The summed E-state index contributed by atoms with van der Waals surface area (Å²) in [7, 11) is -3.39. The maximum absolute atomic E-state index is 12.6. The van der Waals surface area contributed by atoms with Crippen LogP contribution in [-0.2, 0) is 20.5 Å². The van der Waals surface area contributed by atoms with Gasteiger partial charge in [-0.3, -0.25) is 4.90 Å². The van der Waals surface area contributed by atoms with Crippen LogP contribution >= 0.6 is 11.3 Å². The van der Waals surface area contributed by atoms with Crippen LogP contribution in [0.1, 0.15) is 27.6 Å². The predicted molar refractivity (Wildman–Crippen MR) is 106 cm³/mol. The quantitative estimate of drug-likeness (QED) is 0.785. The monoisotopic (exact) mass is 394 g/mol. The van der Waals surface area contributed by atoms with Crippen molar-refractivity contribution in [3.05, 3.63) is 57.3 Å². The third kappa shape index (κ3) is 5.14. The average Bonchev–Trinajstić information content (AvgIpc) is 3.13. The highest BCUT2D eigenvalue weighted by molar-refractivity contribution is 7.88. The average molecular weight is 395 g/mol. The third-order valence-electron chi connectivity index (χ3n) is 4.78. The molecule has 2 heterocycles. The van der Waals surface area contributed by atoms with Crippen LogP contribution in [0, 0.1) is 13.8 Å². The van der Waals surface area contributed by atoms with Crippen LogP contribution in [0.15, 0.2) is 35.7 Å². The van der Waals surface area contributed by atoms with E-state index in [0.29, 0.717) is 19.8 Å². The first kappa shape index (κ1) is 19.5. The third-order valence-corrected chi connectivity index (χ3v) is 7.08. The summed E-state index contributed by atoms with van der Waals surface area (Å²) in [5, 5.41) is 2.03. The Kier molecular flexibility index (Phi) is 6.47. The van der Waals surface area contributed by atoms with E-state index in [2.05, 4.69) is 15.7 Å². The zero-order chi connectivity index (χ0) is 18.6. The van der Waals surface area contributed by atoms with E-state index >= 15 is 0 Å². The number of ether oxygens (including phenoxy) is 1. The number of benzene rings is 1. The van der Waals surface area contributed by atoms with Gasteiger partial charge in [-0.15, -0.1) is 11.3 Å². The topological polar surface area (TPSA) is 58.6 Å². The van der Waals surface area contributed by atoms with Gasteiger partial charge in [0.05, 0.1) is 25.0 Å². The van der Waals surface area contributed by atoms with E-state index in [9.17, 15) is 8.42 Å². The molecule has 26 heavy (non-hydrogen) atoms. The first-order valence-electron chi connectivity index (χ1n) is 8.83. The Morgan fingerprint density at radius 1 is 1.19 bits per heavy atom. The zero-order valence-corrected chi connectivity index (χ0v) is 16.9. The summed E-state index contributed by atoms with van der Waals surface area (Å²) in [6.45, 7) is 7.44. The van der Waals surface area contributed by atoms with Crippen molar-refractivity contribution >= 4 is 21.4 Å². The Morgan fingerprint density at radius 3 is 2.62 bits per heavy atom. The summed E-state index contributed by atoms with van der Waals surface area (Å²) >= 11 is 1.67. The number of hydrogen-bond donors (Lipinski definition) is 1. The van der Waals surface area contributed by atoms with E-state index in [4.69, 9.17) is 4.74 Å². The molecule has 7 heteroatoms. The van der Waals surface area contributed by atoms with Gasteiger partial charge in [-0.25, -0.2) is 13.1 Å². The molecular weight excluding hydrogens is 368 g/mol. The van der Waals surface area contributed by atoms with E-state index in [1.54, 1.807) is 11.3 Å². The van der Waals surface area contributed by atoms with E-state index in [1.165, 1.54) is 10.4 Å². The van der Waals surface area contributed by atoms with Gasteiger partial charge in [0.15, 0.2) is 0 Å². The van der Waals surface area contributed by atoms with Crippen molar-refractivity contribution in [2.45, 2.75) is 25.6 Å². The molecule has 0 saturated carbocycles. The fraction of sp³-hybridized carbons (Fsp3) is 0.474. The van der Waals surface area contributed by atoms with E-state index in [-0.39, 0.29) is 11.8 Å². The number of aryl methyl sites for hydroxylation is 2. The van der Waals surface area contributed by atoms with Crippen LogP contribution in [0.4, 0.5) is 0 Å². The molecule has 0 amide bonds. The van der Waals surface area contributed by atoms with Gasteiger partial charge in [0.1, 0.15) is 0 Å². The van der Waals surface area contributed by atoms with Gasteiger partial charge in [-0.2, -0.15) is 0 Å². The highest BCUT2D eigenvalue weighted by Gasteiger charge is 2.25. The van der Waals surface area contributed by atoms with Crippen LogP contribution in [0.5, 0.6) is 0 Å². The number of morpholine rings is 1. The standard InChI is InChI=1S/C19H26N2O3S2/c1-15-5-6-17(12-16(15)2)14-26(22,23)20-13-18(19-4-3-11-25-19)21-7-9-24-10-8-21/h3-6,11-12,18,20H,7-10,13-14H2,1-2H3/t18-/m1/s1. The number of thiophene rings is 1. The smallest absolute Gasteiger partial charge is 0.215 e. The number of sulfonamides is 1. The molecule has 1 aromatic heterocycles. The molecule has 1 saturated heterocycles. The van der Waals surface area contributed by atoms with E-state index < -0.39 is 10.0 Å². The zero-order valence-electron chi connectivity index (χ0n) is 15.3. The van der Waals surface area contributed by atoms with Crippen molar-refractivity contribution < 1.29 is 13.2 Å². The fourth-order valence-electron chi connectivity index (χ4n) is 3.15. The van der Waals surface area contributed by atoms with Crippen LogP contribution in [0.25, 0.3) is 0 Å². The summed E-state index contributed by atoms with van der Waals surface area (Å²) < 4.78 is 33.5. The molecule has 0 bridgehead atoms. The lowest BCUT2D eigenvalue weighted by Gasteiger charge is -2.34. The lowest BCUT2D eigenvalue weighted by atomic mass is 10.1. The maximum atomic E-state index is 12.6. The molecule has 1 fully saturated rings. The van der Waals surface area contributed by atoms with Crippen molar-refractivity contribution in [3.8, 4) is 0 Å². The summed E-state index contributed by atoms with van der Waals surface area (Å²) in [5.41, 5.74) is 3.10. The van der Waals surface area contributed by atoms with Crippen molar-refractivity contribution in [2.24, 2.45) is 0 Å². The van der Waals surface area contributed by atoms with E-state index in [0.717, 1.165) is 24.2 Å². The van der Waals surface area contributed by atoms with Crippen molar-refractivity contribution in [1.29, 1.82) is 0 Å². The van der Waals surface area contributed by atoms with Crippen molar-refractivity contribution in [2.75, 3.05) is 32.8 Å². The highest BCUT2D eigenvalue weighted by Crippen LogP contribution is 2.25. The Balaban J connectivity index is 1.67. The minimum atomic E-state index is -3.39. The maximum Gasteiger partial charge on any atom is 0.215 e. The van der Waals surface area contributed by atoms with Gasteiger partial charge < -0.3 is 4.74 Å². The molecular formula is C19H26N2O3S2. The lowest BCUT2D eigenvalue weighted by molar-refractivity contribution is 0.0179. The van der Waals surface area contributed by atoms with Crippen LogP contribution < -0.4 is 4.72 Å². The second-order valence-corrected chi connectivity index (χ2v) is 9.49. The Morgan fingerprint density at radius 2 is 1.96 bits per heavy atom. The summed E-state index contributed by atoms with van der Waals surface area (Å²) in [6.07, 6.45) is 0. The molecule has 0 radical (unpaired) electrons. The number of nitrogens with zero attached hydrogens (tertiary/aromatic N) is 1. The first-order chi connectivity index (χ1) is 12.4. The molecule has 1 atom stereocenters. The molecule has 1 aromatic carbocycles. The van der Waals surface area contributed by atoms with Crippen LogP contribution in [0.3, 0.4) is 0 Å². The molecule has 2 aromatic rings. The molecule has 0 spiro atoms. The Labute approximate surface area is 160 Å². The molecule has 3 rings (SSSR count). The van der Waals surface area contributed by atoms with Crippen LogP contribution in [0.2, 0.25) is 0 Å². The molecule has 142 valence electrons. The van der Waals surface area contributed by atoms with Gasteiger partial charge in [0, 0.05) is 24.5 Å². The minimum absolute atomic E-state index is 0.00832. The molecule has 5 nitrogen and oxygen atoms in total. The Bertz CT molecular complexity index is 813. The SMILES string of the molecule is Cc1ccc(CS(=O)(=O)NC[C@H](c2cccs2)N2CCOCC2)cc1C. The van der Waals surface area contributed by atoms with Gasteiger partial charge in [-0.05, 0) is 42.0 Å².